The summed E-state index contributed by atoms with van der Waals surface area (Å²) in [5.74, 6) is 1.69. The van der Waals surface area contributed by atoms with Crippen molar-refractivity contribution in [1.82, 2.24) is 0 Å². The van der Waals surface area contributed by atoms with Gasteiger partial charge in [0.1, 0.15) is 11.5 Å². The molecule has 0 unspecified atom stereocenters. The number of anilines is 12. The molecule has 0 saturated heterocycles. The zero-order valence-electron chi connectivity index (χ0n) is 55.6. The lowest BCUT2D eigenvalue weighted by atomic mass is 9.31. The van der Waals surface area contributed by atoms with Crippen LogP contribution in [0.1, 0.15) is 33.4 Å². The second kappa shape index (κ2) is 23.7. The highest BCUT2D eigenvalue weighted by atomic mass is 32.2. The third-order valence-electron chi connectivity index (χ3n) is 20.4. The summed E-state index contributed by atoms with van der Waals surface area (Å²) in [4.78, 5) is 12.2. The topological polar surface area (TPSA) is 22.2 Å². The quantitative estimate of drug-likeness (QED) is 0.120. The molecule has 0 N–H and O–H groups in total. The Morgan fingerprint density at radius 1 is 0.306 bits per heavy atom. The van der Waals surface area contributed by atoms with Gasteiger partial charge in [0.25, 0.3) is 6.71 Å². The summed E-state index contributed by atoms with van der Waals surface area (Å²) in [6, 6.07) is 112. The van der Waals surface area contributed by atoms with Gasteiger partial charge in [0.15, 0.2) is 0 Å². The van der Waals surface area contributed by atoms with Crippen molar-refractivity contribution in [1.29, 1.82) is 0 Å². The van der Waals surface area contributed by atoms with Crippen molar-refractivity contribution in [3.63, 3.8) is 0 Å². The number of benzene rings is 14. The summed E-state index contributed by atoms with van der Waals surface area (Å²) >= 11 is 1.91. The molecule has 0 spiro atoms. The van der Waals surface area contributed by atoms with E-state index in [0.717, 1.165) is 102 Å². The Kier molecular flexibility index (Phi) is 14.3. The number of hydrogen-bond donors (Lipinski definition) is 0. The second-order valence-electron chi connectivity index (χ2n) is 26.7. The highest BCUT2D eigenvalue weighted by Gasteiger charge is 2.49. The van der Waals surface area contributed by atoms with Gasteiger partial charge >= 0.3 is 0 Å². The van der Waals surface area contributed by atoms with Gasteiger partial charge in [-0.2, -0.15) is 0 Å². The first-order valence-corrected chi connectivity index (χ1v) is 34.9. The van der Waals surface area contributed by atoms with Gasteiger partial charge in [-0.1, -0.05) is 222 Å². The van der Waals surface area contributed by atoms with Gasteiger partial charge in [-0.25, -0.2) is 0 Å². The maximum absolute atomic E-state index is 8.41. The molecule has 0 aromatic heterocycles. The Morgan fingerprint density at radius 2 is 0.694 bits per heavy atom. The van der Waals surface area contributed by atoms with Crippen LogP contribution in [0, 0.1) is 41.5 Å². The number of aryl methyl sites for hydroxylation is 6. The van der Waals surface area contributed by atoms with E-state index in [9.17, 15) is 0 Å². The van der Waals surface area contributed by atoms with Crippen molar-refractivity contribution in [3.8, 4) is 44.9 Å². The Balaban J connectivity index is 1.01. The molecule has 466 valence electrons. The zero-order chi connectivity index (χ0) is 65.9. The fourth-order valence-electron chi connectivity index (χ4n) is 16.8. The summed E-state index contributed by atoms with van der Waals surface area (Å²) in [7, 11) is 0. The number of hydrogen-bond acceptors (Lipinski definition) is 6. The fraction of sp³-hybridized carbons (Fsp3) is 0.0667. The van der Waals surface area contributed by atoms with Gasteiger partial charge in [-0.15, -0.1) is 0 Å². The summed E-state index contributed by atoms with van der Waals surface area (Å²) in [5.41, 5.74) is 34.8. The van der Waals surface area contributed by atoms with Crippen LogP contribution in [-0.4, -0.2) is 13.4 Å². The summed E-state index contributed by atoms with van der Waals surface area (Å²) in [5, 5.41) is 0. The maximum Gasteiger partial charge on any atom is 0.256 e. The number of ether oxygens (including phenoxy) is 1. The molecule has 0 saturated carbocycles. The first-order chi connectivity index (χ1) is 48.1. The summed E-state index contributed by atoms with van der Waals surface area (Å²) in [6.45, 7) is 13.2. The van der Waals surface area contributed by atoms with Gasteiger partial charge in [-0.05, 0) is 216 Å². The highest BCUT2D eigenvalue weighted by Crippen LogP contribution is 2.56. The van der Waals surface area contributed by atoms with Crippen molar-refractivity contribution in [2.45, 2.75) is 51.3 Å². The van der Waals surface area contributed by atoms with E-state index in [2.05, 4.69) is 364 Å². The Morgan fingerprint density at radius 3 is 1.14 bits per heavy atom. The van der Waals surface area contributed by atoms with Crippen LogP contribution in [-0.2, 0) is 0 Å². The van der Waals surface area contributed by atoms with E-state index in [-0.39, 0.29) is 13.4 Å². The van der Waals surface area contributed by atoms with Gasteiger partial charge in [0.05, 0.1) is 5.69 Å². The molecule has 0 radical (unpaired) electrons. The minimum atomic E-state index is -0.264. The highest BCUT2D eigenvalue weighted by molar-refractivity contribution is 8.00. The number of para-hydroxylation sites is 8. The number of nitrogens with zero attached hydrogens (tertiary/aromatic N) is 4. The van der Waals surface area contributed by atoms with E-state index in [4.69, 9.17) is 4.74 Å². The van der Waals surface area contributed by atoms with Crippen LogP contribution < -0.4 is 57.1 Å². The third-order valence-corrected chi connectivity index (χ3v) is 21.6. The van der Waals surface area contributed by atoms with Crippen molar-refractivity contribution in [2.24, 2.45) is 0 Å². The molecule has 0 fully saturated rings. The van der Waals surface area contributed by atoms with Crippen molar-refractivity contribution in [3.05, 3.63) is 337 Å². The van der Waals surface area contributed by atoms with Crippen LogP contribution in [0.25, 0.3) is 33.4 Å². The summed E-state index contributed by atoms with van der Waals surface area (Å²) < 4.78 is 8.41. The predicted octanol–water partition coefficient (Wildman–Crippen LogP) is 20.6. The molecule has 4 aliphatic rings. The van der Waals surface area contributed by atoms with Gasteiger partial charge in [0.2, 0.25) is 6.71 Å². The molecule has 8 heteroatoms. The first kappa shape index (κ1) is 59.1. The molecule has 4 heterocycles. The standard InChI is InChI=1S/C90H68B2N4OS/c1-57-48-59(3)83(60(4)49-57)71-42-29-43-72(84-61(5)50-58(2)51-62(84)6)85(71)86-89-75(91-73-44-25-27-46-77(73)95(67-38-21-11-22-39-67)79-52-69(54-81(97-89)87(79)91)93(63-30-13-7-14-31-63)64-32-15-8-16-33-64)56-76-90(86)98-82-55-70(94(65-34-17-9-18-35-65)66-36-19-10-20-37-66)53-80-88(82)92(76)74-45-26-28-47-78(74)96(80)68-40-23-12-24-41-68/h7-56H,1-6H3. The molecule has 4 aliphatic heterocycles. The average Bonchev–Trinajstić information content (AvgIpc) is 0.686. The maximum atomic E-state index is 8.41. The van der Waals surface area contributed by atoms with Crippen LogP contribution in [0.3, 0.4) is 0 Å². The molecule has 5 nitrogen and oxygen atoms in total. The lowest BCUT2D eigenvalue weighted by Crippen LogP contribution is -2.63. The molecule has 18 rings (SSSR count). The van der Waals surface area contributed by atoms with Crippen LogP contribution >= 0.6 is 11.8 Å². The number of fused-ring (bicyclic) bond motifs is 8. The van der Waals surface area contributed by atoms with E-state index in [1.165, 1.54) is 87.3 Å². The predicted molar refractivity (Wildman–Crippen MR) is 416 cm³/mol. The van der Waals surface area contributed by atoms with Gasteiger partial charge in [-0.3, -0.25) is 0 Å². The Hall–Kier alpha value is -11.4. The lowest BCUT2D eigenvalue weighted by molar-refractivity contribution is 0.488. The number of rotatable bonds is 11. The molecule has 0 bridgehead atoms. The van der Waals surface area contributed by atoms with Crippen LogP contribution in [0.4, 0.5) is 68.2 Å². The molecule has 0 amide bonds. The minimum absolute atomic E-state index is 0.207. The molecule has 98 heavy (non-hydrogen) atoms. The third kappa shape index (κ3) is 9.56. The minimum Gasteiger partial charge on any atom is -0.458 e. The van der Waals surface area contributed by atoms with E-state index in [0.29, 0.717) is 0 Å². The van der Waals surface area contributed by atoms with Crippen LogP contribution in [0.2, 0.25) is 0 Å². The molecule has 14 aromatic carbocycles. The molecular weight excluding hydrogens is 1210 g/mol. The zero-order valence-corrected chi connectivity index (χ0v) is 56.4. The molecular formula is C90H68B2N4OS. The second-order valence-corrected chi connectivity index (χ2v) is 27.7. The van der Waals surface area contributed by atoms with Gasteiger partial charge < -0.3 is 24.3 Å². The largest absolute Gasteiger partial charge is 0.458 e. The van der Waals surface area contributed by atoms with E-state index in [1.807, 2.05) is 11.8 Å². The van der Waals surface area contributed by atoms with Crippen molar-refractivity contribution < 1.29 is 4.74 Å². The average molecular weight is 1280 g/mol. The molecule has 14 aromatic rings. The lowest BCUT2D eigenvalue weighted by Gasteiger charge is -2.44. The SMILES string of the molecule is Cc1cc(C)c(-c2cccc(-c3c(C)cc(C)cc3C)c2-c2c3c(cc4c2Sc2cc(N(c5ccccc5)c5ccccc5)cc5c2B4c2ccccc2N5c2ccccc2)B2c4ccccc4N(c4ccccc4)c4cc(N(c5ccccc5)c5ccccc5)cc(c42)O3)c(C)c1. The van der Waals surface area contributed by atoms with Crippen LogP contribution in [0.15, 0.2) is 313 Å². The molecule has 0 atom stereocenters. The Labute approximate surface area is 579 Å². The van der Waals surface area contributed by atoms with Gasteiger partial charge in [0, 0.05) is 89.5 Å². The smallest absolute Gasteiger partial charge is 0.256 e. The van der Waals surface area contributed by atoms with Crippen molar-refractivity contribution >= 4 is 126 Å². The van der Waals surface area contributed by atoms with E-state index >= 15 is 0 Å². The van der Waals surface area contributed by atoms with Crippen LogP contribution in [0.5, 0.6) is 11.5 Å². The molecule has 0 aliphatic carbocycles. The van der Waals surface area contributed by atoms with E-state index in [1.54, 1.807) is 0 Å². The first-order valence-electron chi connectivity index (χ1n) is 34.0. The Bertz CT molecular complexity index is 5040. The van der Waals surface area contributed by atoms with E-state index < -0.39 is 0 Å². The monoisotopic (exact) mass is 1270 g/mol. The fourth-order valence-corrected chi connectivity index (χ4v) is 18.1. The normalized spacial score (nSPS) is 12.8. The summed E-state index contributed by atoms with van der Waals surface area (Å²) in [6.07, 6.45) is 0. The van der Waals surface area contributed by atoms with Crippen molar-refractivity contribution in [2.75, 3.05) is 19.6 Å².